The largest absolute Gasteiger partial charge is 0.452 e. The van der Waals surface area contributed by atoms with Gasteiger partial charge in [0, 0.05) is 6.04 Å². The fourth-order valence-corrected chi connectivity index (χ4v) is 3.55. The Kier molecular flexibility index (Phi) is 5.35. The number of esters is 1. The second-order valence-corrected chi connectivity index (χ2v) is 7.71. The maximum atomic E-state index is 12.7. The third kappa shape index (κ3) is 4.10. The second kappa shape index (κ2) is 8.10. The molecule has 2 aliphatic rings. The van der Waals surface area contributed by atoms with E-state index in [-0.39, 0.29) is 41.8 Å². The lowest BCUT2D eigenvalue weighted by Gasteiger charge is -2.13. The Morgan fingerprint density at radius 2 is 1.77 bits per heavy atom. The van der Waals surface area contributed by atoms with Crippen molar-refractivity contribution in [2.45, 2.75) is 32.4 Å². The Labute approximate surface area is 174 Å². The fourth-order valence-electron chi connectivity index (χ4n) is 3.55. The number of imide groups is 1. The van der Waals surface area contributed by atoms with E-state index in [2.05, 4.69) is 5.32 Å². The standard InChI is InChI=1S/C23H22N2O5/c1-14(16-7-8-16)24-20(26)13-30-23(29)17-9-10-18-19(11-17)22(28)25(21(18)27)12-15-5-3-2-4-6-15/h2-6,9-11,14,16H,7-8,12-13H2,1H3,(H,24,26). The monoisotopic (exact) mass is 406 g/mol. The van der Waals surface area contributed by atoms with Crippen LogP contribution in [0.1, 0.15) is 56.4 Å². The number of carbonyl (C=O) groups is 4. The van der Waals surface area contributed by atoms with Gasteiger partial charge >= 0.3 is 5.97 Å². The molecule has 0 spiro atoms. The summed E-state index contributed by atoms with van der Waals surface area (Å²) in [4.78, 5) is 50.7. The minimum absolute atomic E-state index is 0.0652. The van der Waals surface area contributed by atoms with E-state index < -0.39 is 17.8 Å². The Bertz CT molecular complexity index is 1010. The number of hydrogen-bond donors (Lipinski definition) is 1. The molecule has 30 heavy (non-hydrogen) atoms. The van der Waals surface area contributed by atoms with E-state index in [1.54, 1.807) is 0 Å². The first-order valence-electron chi connectivity index (χ1n) is 9.94. The lowest BCUT2D eigenvalue weighted by molar-refractivity contribution is -0.125. The normalized spacial score (nSPS) is 16.2. The number of hydrogen-bond acceptors (Lipinski definition) is 5. The molecule has 1 N–H and O–H groups in total. The Morgan fingerprint density at radius 1 is 1.07 bits per heavy atom. The van der Waals surface area contributed by atoms with Crippen LogP contribution in [0, 0.1) is 5.92 Å². The SMILES string of the molecule is CC(NC(=O)COC(=O)c1ccc2c(c1)C(=O)N(Cc1ccccc1)C2=O)C1CC1. The zero-order valence-electron chi connectivity index (χ0n) is 16.6. The molecule has 1 atom stereocenters. The molecule has 0 bridgehead atoms. The first-order valence-corrected chi connectivity index (χ1v) is 9.94. The smallest absolute Gasteiger partial charge is 0.338 e. The predicted molar refractivity (Wildman–Crippen MR) is 108 cm³/mol. The van der Waals surface area contributed by atoms with Crippen LogP contribution in [0.4, 0.5) is 0 Å². The van der Waals surface area contributed by atoms with E-state index >= 15 is 0 Å². The van der Waals surface area contributed by atoms with Crippen LogP contribution in [0.5, 0.6) is 0 Å². The lowest BCUT2D eigenvalue weighted by Crippen LogP contribution is -2.37. The Morgan fingerprint density at radius 3 is 2.47 bits per heavy atom. The van der Waals surface area contributed by atoms with Gasteiger partial charge < -0.3 is 10.1 Å². The van der Waals surface area contributed by atoms with Crippen molar-refractivity contribution < 1.29 is 23.9 Å². The number of nitrogens with zero attached hydrogens (tertiary/aromatic N) is 1. The van der Waals surface area contributed by atoms with Crippen molar-refractivity contribution in [2.24, 2.45) is 5.92 Å². The van der Waals surface area contributed by atoms with Gasteiger partial charge in [-0.1, -0.05) is 30.3 Å². The predicted octanol–water partition coefficient (Wildman–Crippen LogP) is 2.55. The average Bonchev–Trinajstić information content (AvgIpc) is 3.58. The van der Waals surface area contributed by atoms with Crippen molar-refractivity contribution in [2.75, 3.05) is 6.61 Å². The highest BCUT2D eigenvalue weighted by Gasteiger charge is 2.36. The van der Waals surface area contributed by atoms with Crippen molar-refractivity contribution in [3.8, 4) is 0 Å². The van der Waals surface area contributed by atoms with Crippen LogP contribution < -0.4 is 5.32 Å². The van der Waals surface area contributed by atoms with Crippen molar-refractivity contribution in [1.29, 1.82) is 0 Å². The van der Waals surface area contributed by atoms with Gasteiger partial charge in [0.2, 0.25) is 0 Å². The van der Waals surface area contributed by atoms with Crippen molar-refractivity contribution >= 4 is 23.7 Å². The maximum absolute atomic E-state index is 12.7. The highest BCUT2D eigenvalue weighted by Crippen LogP contribution is 2.32. The molecule has 0 radical (unpaired) electrons. The number of carbonyl (C=O) groups excluding carboxylic acids is 4. The van der Waals surface area contributed by atoms with Gasteiger partial charge in [-0.15, -0.1) is 0 Å². The molecule has 1 heterocycles. The summed E-state index contributed by atoms with van der Waals surface area (Å²) in [6.07, 6.45) is 2.20. The third-order valence-corrected chi connectivity index (χ3v) is 5.44. The first-order chi connectivity index (χ1) is 14.4. The van der Waals surface area contributed by atoms with E-state index in [9.17, 15) is 19.2 Å². The molecule has 2 aromatic carbocycles. The van der Waals surface area contributed by atoms with Gasteiger partial charge in [-0.3, -0.25) is 19.3 Å². The van der Waals surface area contributed by atoms with Gasteiger partial charge in [-0.2, -0.15) is 0 Å². The third-order valence-electron chi connectivity index (χ3n) is 5.44. The summed E-state index contributed by atoms with van der Waals surface area (Å²) in [7, 11) is 0. The Hall–Kier alpha value is -3.48. The molecular formula is C23H22N2O5. The molecule has 3 amide bonds. The van der Waals surface area contributed by atoms with Gasteiger partial charge in [0.25, 0.3) is 17.7 Å². The minimum Gasteiger partial charge on any atom is -0.452 e. The first kappa shape index (κ1) is 19.8. The van der Waals surface area contributed by atoms with Crippen LogP contribution >= 0.6 is 0 Å². The van der Waals surface area contributed by atoms with Gasteiger partial charge in [0.05, 0.1) is 23.2 Å². The summed E-state index contributed by atoms with van der Waals surface area (Å²) in [5.41, 5.74) is 1.37. The molecule has 1 aliphatic carbocycles. The highest BCUT2D eigenvalue weighted by atomic mass is 16.5. The van der Waals surface area contributed by atoms with E-state index in [0.717, 1.165) is 23.3 Å². The second-order valence-electron chi connectivity index (χ2n) is 7.71. The summed E-state index contributed by atoms with van der Waals surface area (Å²) in [6.45, 7) is 1.70. The van der Waals surface area contributed by atoms with Crippen LogP contribution in [0.15, 0.2) is 48.5 Å². The average molecular weight is 406 g/mol. The molecule has 0 aromatic heterocycles. The summed E-state index contributed by atoms with van der Waals surface area (Å²) >= 11 is 0. The molecular weight excluding hydrogens is 384 g/mol. The quantitative estimate of drug-likeness (QED) is 0.564. The van der Waals surface area contributed by atoms with Crippen molar-refractivity contribution in [3.05, 3.63) is 70.8 Å². The van der Waals surface area contributed by atoms with Crippen LogP contribution in [0.2, 0.25) is 0 Å². The number of amides is 3. The molecule has 7 nitrogen and oxygen atoms in total. The summed E-state index contributed by atoms with van der Waals surface area (Å²) in [5, 5.41) is 2.81. The summed E-state index contributed by atoms with van der Waals surface area (Å²) < 4.78 is 5.07. The minimum atomic E-state index is -0.714. The number of ether oxygens (including phenoxy) is 1. The lowest BCUT2D eigenvalue weighted by atomic mass is 10.1. The van der Waals surface area contributed by atoms with E-state index in [1.165, 1.54) is 18.2 Å². The molecule has 1 saturated carbocycles. The van der Waals surface area contributed by atoms with E-state index in [0.29, 0.717) is 5.92 Å². The van der Waals surface area contributed by atoms with Crippen LogP contribution in [-0.2, 0) is 16.1 Å². The van der Waals surface area contributed by atoms with Crippen LogP contribution in [0.3, 0.4) is 0 Å². The maximum Gasteiger partial charge on any atom is 0.338 e. The zero-order chi connectivity index (χ0) is 21.3. The highest BCUT2D eigenvalue weighted by molar-refractivity contribution is 6.21. The molecule has 1 unspecified atom stereocenters. The van der Waals surface area contributed by atoms with Crippen molar-refractivity contribution in [3.63, 3.8) is 0 Å². The Balaban J connectivity index is 1.40. The topological polar surface area (TPSA) is 92.8 Å². The van der Waals surface area contributed by atoms with Crippen LogP contribution in [0.25, 0.3) is 0 Å². The zero-order valence-corrected chi connectivity index (χ0v) is 16.6. The number of nitrogens with one attached hydrogen (secondary N) is 1. The molecule has 154 valence electrons. The van der Waals surface area contributed by atoms with E-state index in [4.69, 9.17) is 4.74 Å². The van der Waals surface area contributed by atoms with Gasteiger partial charge in [0.1, 0.15) is 0 Å². The summed E-state index contributed by atoms with van der Waals surface area (Å²) in [6, 6.07) is 13.5. The molecule has 1 aliphatic heterocycles. The number of benzene rings is 2. The van der Waals surface area contributed by atoms with Gasteiger partial charge in [-0.05, 0) is 49.4 Å². The van der Waals surface area contributed by atoms with Gasteiger partial charge in [0.15, 0.2) is 6.61 Å². The molecule has 2 aromatic rings. The van der Waals surface area contributed by atoms with Crippen LogP contribution in [-0.4, -0.2) is 41.2 Å². The molecule has 1 fully saturated rings. The van der Waals surface area contributed by atoms with Crippen molar-refractivity contribution in [1.82, 2.24) is 10.2 Å². The fraction of sp³-hybridized carbons (Fsp3) is 0.304. The molecule has 7 heteroatoms. The number of fused-ring (bicyclic) bond motifs is 1. The molecule has 0 saturated heterocycles. The number of rotatable bonds is 7. The van der Waals surface area contributed by atoms with Gasteiger partial charge in [-0.25, -0.2) is 4.79 Å². The molecule has 4 rings (SSSR count). The van der Waals surface area contributed by atoms with E-state index in [1.807, 2.05) is 37.3 Å². The summed E-state index contributed by atoms with van der Waals surface area (Å²) in [5.74, 6) is -1.42.